The first kappa shape index (κ1) is 15.7. The van der Waals surface area contributed by atoms with Crippen LogP contribution in [0.4, 0.5) is 4.79 Å². The van der Waals surface area contributed by atoms with Gasteiger partial charge in [-0.25, -0.2) is 0 Å². The van der Waals surface area contributed by atoms with Crippen LogP contribution in [0.2, 0.25) is 0 Å². The molecule has 0 aromatic carbocycles. The molecular weight excluding hydrogens is 219 g/mol. The molecule has 6 heteroatoms. The maximum Gasteiger partial charge on any atom is 0 e. The first-order valence-electron chi connectivity index (χ1n) is 1.28. The number of hydrogen-bond acceptors (Lipinski definition) is 2. The minimum Gasteiger partial charge on any atom is 0 e. The summed E-state index contributed by atoms with van der Waals surface area (Å²) in [4.78, 5) is 17.4. The maximum absolute atomic E-state index is 9.06. The fourth-order valence-electron chi connectivity index (χ4n) is 0. The second kappa shape index (κ2) is 15.7. The summed E-state index contributed by atoms with van der Waals surface area (Å²) >= 11 is 0.347. The Labute approximate surface area is 68.7 Å². The summed E-state index contributed by atoms with van der Waals surface area (Å²) in [5.41, 5.74) is 0. The molecule has 39 valence electrons. The van der Waals surface area contributed by atoms with Crippen LogP contribution in [0.15, 0.2) is 0 Å². The molecule has 0 unspecified atom stereocenters. The zero-order valence-electron chi connectivity index (χ0n) is 4.20. The van der Waals surface area contributed by atoms with E-state index in [4.69, 9.17) is 19.8 Å². The molecule has 0 heterocycles. The van der Waals surface area contributed by atoms with Gasteiger partial charge in [0.05, 0.1) is 0 Å². The SMILES string of the molecule is O=CO.O=[C](O)[Zn].[Zn]. The fourth-order valence-corrected chi connectivity index (χ4v) is 0. The van der Waals surface area contributed by atoms with Gasteiger partial charge in [-0.3, -0.25) is 4.79 Å². The summed E-state index contributed by atoms with van der Waals surface area (Å²) < 4.78 is -0.708. The minimum atomic E-state index is -0.708. The van der Waals surface area contributed by atoms with E-state index in [1.807, 2.05) is 0 Å². The molecule has 2 N–H and O–H groups in total. The Kier molecular flexibility index (Phi) is 30.8. The van der Waals surface area contributed by atoms with Gasteiger partial charge in [0, 0.05) is 19.5 Å². The molecule has 0 aliphatic carbocycles. The number of carboxylic acid groups (broad SMARTS) is 2. The molecule has 0 rings (SSSR count). The van der Waals surface area contributed by atoms with Crippen LogP contribution in [-0.4, -0.2) is 21.2 Å². The van der Waals surface area contributed by atoms with Gasteiger partial charge in [0.25, 0.3) is 6.47 Å². The van der Waals surface area contributed by atoms with Crippen molar-refractivity contribution in [2.75, 3.05) is 0 Å². The predicted octanol–water partition coefficient (Wildman–Crippen LogP) is -0.0905. The van der Waals surface area contributed by atoms with E-state index in [2.05, 4.69) is 0 Å². The molecule has 0 saturated heterocycles. The summed E-state index contributed by atoms with van der Waals surface area (Å²) in [7, 11) is 0. The standard InChI is InChI=1S/CH2O2.CHO2.2Zn/c2*2-1-3;;/h1H,(H,2,3);(H,2,3);;. The van der Waals surface area contributed by atoms with Gasteiger partial charge in [0.2, 0.25) is 0 Å². The van der Waals surface area contributed by atoms with Crippen molar-refractivity contribution in [3.05, 3.63) is 0 Å². The fraction of sp³-hybridized carbons (Fsp3) is 0. The van der Waals surface area contributed by atoms with E-state index in [-0.39, 0.29) is 26.0 Å². The van der Waals surface area contributed by atoms with E-state index in [0.29, 0.717) is 18.3 Å². The van der Waals surface area contributed by atoms with Gasteiger partial charge in [-0.15, -0.1) is 0 Å². The monoisotopic (exact) mass is 219 g/mol. The predicted molar refractivity (Wildman–Crippen MR) is 16.7 cm³/mol. The number of carbonyl (C=O) groups is 2. The quantitative estimate of drug-likeness (QED) is 0.443. The molecule has 0 atom stereocenters. The van der Waals surface area contributed by atoms with Gasteiger partial charge in [0.15, 0.2) is 0 Å². The van der Waals surface area contributed by atoms with Crippen molar-refractivity contribution in [3.63, 3.8) is 0 Å². The molecule has 0 spiro atoms. The third-order valence-corrected chi connectivity index (χ3v) is 0. The Bertz CT molecular complexity index is 59.1. The first-order chi connectivity index (χ1) is 3.15. The molecule has 0 fully saturated rings. The van der Waals surface area contributed by atoms with Crippen LogP contribution in [0.1, 0.15) is 0 Å². The van der Waals surface area contributed by atoms with Crippen LogP contribution in [0.3, 0.4) is 0 Å². The van der Waals surface area contributed by atoms with Crippen molar-refractivity contribution in [3.8, 4) is 0 Å². The molecule has 0 saturated carbocycles. The number of rotatable bonds is 0. The van der Waals surface area contributed by atoms with Gasteiger partial charge in [-0.2, -0.15) is 0 Å². The van der Waals surface area contributed by atoms with Crippen LogP contribution in [0.5, 0.6) is 0 Å². The Balaban J connectivity index is -0.0000000575. The normalized spacial score (nSPS) is 4.75. The summed E-state index contributed by atoms with van der Waals surface area (Å²) in [6.07, 6.45) is 0. The van der Waals surface area contributed by atoms with E-state index in [1.165, 1.54) is 0 Å². The van der Waals surface area contributed by atoms with E-state index >= 15 is 0 Å². The first-order valence-corrected chi connectivity index (χ1v) is 2.76. The van der Waals surface area contributed by atoms with Crippen LogP contribution < -0.4 is 0 Å². The second-order valence-electron chi connectivity index (χ2n) is 0.499. The van der Waals surface area contributed by atoms with E-state index < -0.39 is 4.56 Å². The molecule has 0 aromatic rings. The van der Waals surface area contributed by atoms with E-state index in [9.17, 15) is 0 Å². The maximum atomic E-state index is 9.06. The molecule has 0 aliphatic rings. The van der Waals surface area contributed by atoms with Crippen LogP contribution >= 0.6 is 0 Å². The summed E-state index contributed by atoms with van der Waals surface area (Å²) in [5.74, 6) is 0. The van der Waals surface area contributed by atoms with Gasteiger partial charge < -0.3 is 5.11 Å². The van der Waals surface area contributed by atoms with Crippen molar-refractivity contribution in [2.24, 2.45) is 0 Å². The summed E-state index contributed by atoms with van der Waals surface area (Å²) in [6.45, 7) is -0.250. The van der Waals surface area contributed by atoms with Gasteiger partial charge in [0.1, 0.15) is 0 Å². The van der Waals surface area contributed by atoms with Crippen molar-refractivity contribution >= 4 is 11.0 Å². The minimum absolute atomic E-state index is 0. The van der Waals surface area contributed by atoms with Gasteiger partial charge in [-0.1, -0.05) is 0 Å². The summed E-state index contributed by atoms with van der Waals surface area (Å²) in [5, 5.41) is 14.4. The Morgan fingerprint density at radius 3 is 1.62 bits per heavy atom. The molecule has 0 aromatic heterocycles. The molecule has 0 bridgehead atoms. The molecular formula is C2H3O4Zn2. The number of hydrogen-bond donors (Lipinski definition) is 2. The average Bonchev–Trinajstić information content (AvgIpc) is 1.33. The molecule has 0 amide bonds. The Hall–Kier alpha value is 0.187. The van der Waals surface area contributed by atoms with Crippen LogP contribution in [-0.2, 0) is 42.6 Å². The third kappa shape index (κ3) is 4770. The molecule has 4 nitrogen and oxygen atoms in total. The zero-order chi connectivity index (χ0) is 6.28. The second-order valence-corrected chi connectivity index (χ2v) is 1.77. The zero-order valence-corrected chi connectivity index (χ0v) is 10.1. The Morgan fingerprint density at radius 2 is 1.62 bits per heavy atom. The van der Waals surface area contributed by atoms with Crippen molar-refractivity contribution < 1.29 is 57.6 Å². The summed E-state index contributed by atoms with van der Waals surface area (Å²) in [6, 6.07) is 0. The van der Waals surface area contributed by atoms with E-state index in [0.717, 1.165) is 0 Å². The van der Waals surface area contributed by atoms with Crippen LogP contribution in [0.25, 0.3) is 0 Å². The van der Waals surface area contributed by atoms with Crippen molar-refractivity contribution in [1.82, 2.24) is 0 Å². The van der Waals surface area contributed by atoms with Gasteiger partial charge >= 0.3 is 32.8 Å². The average molecular weight is 222 g/mol. The Morgan fingerprint density at radius 1 is 1.62 bits per heavy atom. The van der Waals surface area contributed by atoms with E-state index in [1.54, 1.807) is 0 Å². The van der Waals surface area contributed by atoms with Crippen LogP contribution in [0, 0.1) is 0 Å². The topological polar surface area (TPSA) is 74.6 Å². The largest absolute Gasteiger partial charge is 0 e. The molecule has 0 radical (unpaired) electrons. The molecule has 0 aliphatic heterocycles. The molecule has 8 heavy (non-hydrogen) atoms. The van der Waals surface area contributed by atoms with Crippen molar-refractivity contribution in [1.29, 1.82) is 0 Å². The van der Waals surface area contributed by atoms with Gasteiger partial charge in [-0.05, 0) is 0 Å². The smallest absolute Gasteiger partial charge is 0 e. The van der Waals surface area contributed by atoms with Crippen molar-refractivity contribution in [2.45, 2.75) is 0 Å². The third-order valence-electron chi connectivity index (χ3n) is 0.